The smallest absolute Gasteiger partial charge is 0.329 e. The van der Waals surface area contributed by atoms with Crippen molar-refractivity contribution in [1.29, 1.82) is 0 Å². The van der Waals surface area contributed by atoms with E-state index in [-0.39, 0.29) is 0 Å². The van der Waals surface area contributed by atoms with Crippen molar-refractivity contribution in [3.8, 4) is 11.8 Å². The molecule has 0 radical (unpaired) electrons. The van der Waals surface area contributed by atoms with Crippen LogP contribution in [0, 0.1) is 11.8 Å². The van der Waals surface area contributed by atoms with Crippen molar-refractivity contribution in [3.63, 3.8) is 0 Å². The second-order valence-corrected chi connectivity index (χ2v) is 4.87. The summed E-state index contributed by atoms with van der Waals surface area (Å²) in [6, 6.07) is 9.19. The molecule has 1 N–H and O–H groups in total. The summed E-state index contributed by atoms with van der Waals surface area (Å²) in [5, 5.41) is 9.43. The molecular weight excluding hydrogens is 254 g/mol. The van der Waals surface area contributed by atoms with E-state index in [0.717, 1.165) is 5.56 Å². The summed E-state index contributed by atoms with van der Waals surface area (Å²) in [6.45, 7) is 2.26. The van der Waals surface area contributed by atoms with E-state index in [2.05, 4.69) is 11.8 Å². The molecule has 1 fully saturated rings. The molecule has 2 rings (SSSR count). The standard InChI is InChI=1S/C16H17NO3/c1-2-16(15(19)20)11-6-12-17(16)14(18)10-9-13-7-4-3-5-8-13/h3-5,7-8H,2,6,11-12H2,1H3,(H,19,20). The molecule has 1 aromatic carbocycles. The van der Waals surface area contributed by atoms with Crippen molar-refractivity contribution in [2.45, 2.75) is 31.7 Å². The Morgan fingerprint density at radius 2 is 2.05 bits per heavy atom. The van der Waals surface area contributed by atoms with Gasteiger partial charge in [-0.3, -0.25) is 4.79 Å². The van der Waals surface area contributed by atoms with Gasteiger partial charge in [-0.25, -0.2) is 4.79 Å². The lowest BCUT2D eigenvalue weighted by molar-refractivity contribution is -0.154. The number of carboxylic acids is 1. The minimum Gasteiger partial charge on any atom is -0.479 e. The summed E-state index contributed by atoms with van der Waals surface area (Å²) >= 11 is 0. The van der Waals surface area contributed by atoms with Crippen LogP contribution in [0.15, 0.2) is 30.3 Å². The molecule has 1 unspecified atom stereocenters. The molecule has 1 aliphatic rings. The maximum Gasteiger partial charge on any atom is 0.329 e. The molecule has 0 saturated carbocycles. The fourth-order valence-electron chi connectivity index (χ4n) is 2.63. The molecule has 1 atom stereocenters. The Morgan fingerprint density at radius 1 is 1.35 bits per heavy atom. The Balaban J connectivity index is 2.21. The summed E-state index contributed by atoms with van der Waals surface area (Å²) in [7, 11) is 0. The number of hydrogen-bond acceptors (Lipinski definition) is 2. The SMILES string of the molecule is CCC1(C(=O)O)CCCN1C(=O)C#Cc1ccccc1. The van der Waals surface area contributed by atoms with Crippen LogP contribution in [0.4, 0.5) is 0 Å². The predicted octanol–water partition coefficient (Wildman–Crippen LogP) is 1.89. The highest BCUT2D eigenvalue weighted by atomic mass is 16.4. The van der Waals surface area contributed by atoms with E-state index in [1.165, 1.54) is 4.90 Å². The van der Waals surface area contributed by atoms with E-state index in [1.54, 1.807) is 6.92 Å². The lowest BCUT2D eigenvalue weighted by Crippen LogP contribution is -2.52. The number of aliphatic carboxylic acids is 1. The highest BCUT2D eigenvalue weighted by molar-refractivity contribution is 5.98. The molecule has 0 spiro atoms. The maximum atomic E-state index is 12.2. The lowest BCUT2D eigenvalue weighted by Gasteiger charge is -2.32. The average Bonchev–Trinajstić information content (AvgIpc) is 2.91. The van der Waals surface area contributed by atoms with Gasteiger partial charge >= 0.3 is 5.97 Å². The van der Waals surface area contributed by atoms with E-state index in [4.69, 9.17) is 0 Å². The zero-order valence-corrected chi connectivity index (χ0v) is 11.4. The van der Waals surface area contributed by atoms with Gasteiger partial charge in [-0.15, -0.1) is 0 Å². The third kappa shape index (κ3) is 2.53. The molecule has 1 aliphatic heterocycles. The number of likely N-dealkylation sites (tertiary alicyclic amines) is 1. The number of carbonyl (C=O) groups is 2. The van der Waals surface area contributed by atoms with Crippen LogP contribution in [0.3, 0.4) is 0 Å². The average molecular weight is 271 g/mol. The highest BCUT2D eigenvalue weighted by Gasteiger charge is 2.48. The number of carboxylic acid groups (broad SMARTS) is 1. The molecule has 4 nitrogen and oxygen atoms in total. The van der Waals surface area contributed by atoms with Crippen LogP contribution in [0.25, 0.3) is 0 Å². The number of rotatable bonds is 2. The van der Waals surface area contributed by atoms with E-state index >= 15 is 0 Å². The molecule has 4 heteroatoms. The Bertz CT molecular complexity index is 570. The summed E-state index contributed by atoms with van der Waals surface area (Å²) in [6.07, 6.45) is 1.61. The fraction of sp³-hybridized carbons (Fsp3) is 0.375. The molecular formula is C16H17NO3. The van der Waals surface area contributed by atoms with E-state index in [0.29, 0.717) is 25.8 Å². The summed E-state index contributed by atoms with van der Waals surface area (Å²) in [4.78, 5) is 25.1. The zero-order chi connectivity index (χ0) is 14.6. The van der Waals surface area contributed by atoms with E-state index < -0.39 is 17.4 Å². The van der Waals surface area contributed by atoms with Crippen LogP contribution in [-0.2, 0) is 9.59 Å². The third-order valence-electron chi connectivity index (χ3n) is 3.80. The molecule has 1 aromatic rings. The molecule has 1 heterocycles. The first kappa shape index (κ1) is 14.1. The Kier molecular flexibility index (Phi) is 4.09. The minimum atomic E-state index is -1.08. The largest absolute Gasteiger partial charge is 0.479 e. The van der Waals surface area contributed by atoms with Gasteiger partial charge in [-0.2, -0.15) is 0 Å². The number of hydrogen-bond donors (Lipinski definition) is 1. The Hall–Kier alpha value is -2.28. The van der Waals surface area contributed by atoms with Gasteiger partial charge < -0.3 is 10.0 Å². The van der Waals surface area contributed by atoms with Gasteiger partial charge in [-0.1, -0.05) is 31.0 Å². The second-order valence-electron chi connectivity index (χ2n) is 4.87. The Morgan fingerprint density at radius 3 is 2.65 bits per heavy atom. The molecule has 0 aliphatic carbocycles. The maximum absolute atomic E-state index is 12.2. The quantitative estimate of drug-likeness (QED) is 0.836. The van der Waals surface area contributed by atoms with Gasteiger partial charge in [0.25, 0.3) is 5.91 Å². The fourth-order valence-corrected chi connectivity index (χ4v) is 2.63. The molecule has 104 valence electrons. The first-order chi connectivity index (χ1) is 9.60. The van der Waals surface area contributed by atoms with Crippen molar-refractivity contribution in [1.82, 2.24) is 4.90 Å². The van der Waals surface area contributed by atoms with Crippen LogP contribution in [-0.4, -0.2) is 34.0 Å². The van der Waals surface area contributed by atoms with Gasteiger partial charge in [-0.05, 0) is 31.4 Å². The van der Waals surface area contributed by atoms with Crippen LogP contribution in [0.5, 0.6) is 0 Å². The van der Waals surface area contributed by atoms with Gasteiger partial charge in [0.15, 0.2) is 0 Å². The number of amides is 1. The first-order valence-electron chi connectivity index (χ1n) is 6.72. The molecule has 0 aromatic heterocycles. The molecule has 20 heavy (non-hydrogen) atoms. The topological polar surface area (TPSA) is 57.6 Å². The second kappa shape index (κ2) is 5.79. The van der Waals surface area contributed by atoms with Crippen LogP contribution in [0.1, 0.15) is 31.7 Å². The summed E-state index contributed by atoms with van der Waals surface area (Å²) < 4.78 is 0. The van der Waals surface area contributed by atoms with Gasteiger partial charge in [0.05, 0.1) is 0 Å². The van der Waals surface area contributed by atoms with Crippen molar-refractivity contribution in [3.05, 3.63) is 35.9 Å². The Labute approximate surface area is 118 Å². The number of benzene rings is 1. The van der Waals surface area contributed by atoms with E-state index in [9.17, 15) is 14.7 Å². The van der Waals surface area contributed by atoms with Gasteiger partial charge in [0.1, 0.15) is 5.54 Å². The van der Waals surface area contributed by atoms with Crippen LogP contribution in [0.2, 0.25) is 0 Å². The lowest BCUT2D eigenvalue weighted by atomic mass is 9.93. The third-order valence-corrected chi connectivity index (χ3v) is 3.80. The first-order valence-corrected chi connectivity index (χ1v) is 6.72. The van der Waals surface area contributed by atoms with Crippen molar-refractivity contribution < 1.29 is 14.7 Å². The van der Waals surface area contributed by atoms with E-state index in [1.807, 2.05) is 30.3 Å². The predicted molar refractivity (Wildman–Crippen MR) is 74.9 cm³/mol. The van der Waals surface area contributed by atoms with Crippen molar-refractivity contribution >= 4 is 11.9 Å². The number of nitrogens with zero attached hydrogens (tertiary/aromatic N) is 1. The highest BCUT2D eigenvalue weighted by Crippen LogP contribution is 2.32. The monoisotopic (exact) mass is 271 g/mol. The van der Waals surface area contributed by atoms with Gasteiger partial charge in [0.2, 0.25) is 0 Å². The minimum absolute atomic E-state index is 0.404. The molecule has 0 bridgehead atoms. The van der Waals surface area contributed by atoms with Gasteiger partial charge in [0, 0.05) is 18.0 Å². The normalized spacial score (nSPS) is 21.1. The summed E-state index contributed by atoms with van der Waals surface area (Å²) in [5.74, 6) is 4.00. The molecule has 1 amide bonds. The van der Waals surface area contributed by atoms with Crippen LogP contribution >= 0.6 is 0 Å². The zero-order valence-electron chi connectivity index (χ0n) is 11.4. The van der Waals surface area contributed by atoms with Crippen molar-refractivity contribution in [2.75, 3.05) is 6.54 Å². The van der Waals surface area contributed by atoms with Crippen molar-refractivity contribution in [2.24, 2.45) is 0 Å². The molecule has 1 saturated heterocycles. The van der Waals surface area contributed by atoms with Crippen LogP contribution < -0.4 is 0 Å². The summed E-state index contributed by atoms with van der Waals surface area (Å²) in [5.41, 5.74) is -0.333. The number of carbonyl (C=O) groups excluding carboxylic acids is 1.